The van der Waals surface area contributed by atoms with Gasteiger partial charge in [0.2, 0.25) is 5.89 Å². The number of nitrogens with zero attached hydrogens (tertiary/aromatic N) is 1. The Morgan fingerprint density at radius 3 is 2.74 bits per heavy atom. The molecule has 4 rings (SSSR count). The summed E-state index contributed by atoms with van der Waals surface area (Å²) in [4.78, 5) is 16.5. The lowest BCUT2D eigenvalue weighted by molar-refractivity contribution is 0.0950. The van der Waals surface area contributed by atoms with Gasteiger partial charge in [0.25, 0.3) is 5.91 Å². The van der Waals surface area contributed by atoms with Crippen LogP contribution in [0.15, 0.2) is 69.7 Å². The average molecular weight is 377 g/mol. The van der Waals surface area contributed by atoms with Gasteiger partial charge in [-0.3, -0.25) is 10.1 Å². The summed E-state index contributed by atoms with van der Waals surface area (Å²) < 4.78 is 10.9. The van der Waals surface area contributed by atoms with Crippen LogP contribution in [0, 0.1) is 6.92 Å². The molecule has 0 bridgehead atoms. The largest absolute Gasteiger partial charge is 0.459 e. The van der Waals surface area contributed by atoms with Crippen LogP contribution in [0.4, 0.5) is 5.69 Å². The second-order valence-corrected chi connectivity index (χ2v) is 6.31. The zero-order chi connectivity index (χ0) is 18.8. The highest BCUT2D eigenvalue weighted by atomic mass is 32.1. The molecule has 1 amide bonds. The Morgan fingerprint density at radius 2 is 1.96 bits per heavy atom. The van der Waals surface area contributed by atoms with Crippen molar-refractivity contribution in [3.05, 3.63) is 72.2 Å². The number of rotatable bonds is 3. The minimum atomic E-state index is -0.415. The van der Waals surface area contributed by atoms with Crippen LogP contribution >= 0.6 is 12.2 Å². The van der Waals surface area contributed by atoms with Gasteiger partial charge in [-0.15, -0.1) is 0 Å². The van der Waals surface area contributed by atoms with E-state index in [-0.39, 0.29) is 10.9 Å². The number of anilines is 1. The number of benzene rings is 2. The molecular weight excluding hydrogens is 362 g/mol. The number of aromatic nitrogens is 1. The van der Waals surface area contributed by atoms with Gasteiger partial charge in [0, 0.05) is 11.3 Å². The number of carbonyl (C=O) groups excluding carboxylic acids is 1. The van der Waals surface area contributed by atoms with E-state index >= 15 is 0 Å². The van der Waals surface area contributed by atoms with Gasteiger partial charge in [-0.05, 0) is 61.1 Å². The molecule has 2 N–H and O–H groups in total. The lowest BCUT2D eigenvalue weighted by Gasteiger charge is -2.08. The molecule has 0 spiro atoms. The Bertz CT molecular complexity index is 1130. The van der Waals surface area contributed by atoms with Crippen molar-refractivity contribution in [2.45, 2.75) is 6.92 Å². The number of carbonyl (C=O) groups is 1. The Hall–Kier alpha value is -3.45. The molecule has 0 fully saturated rings. The summed E-state index contributed by atoms with van der Waals surface area (Å²) >= 11 is 5.18. The molecule has 0 aliphatic rings. The van der Waals surface area contributed by atoms with E-state index in [9.17, 15) is 4.79 Å². The van der Waals surface area contributed by atoms with Crippen molar-refractivity contribution in [1.82, 2.24) is 10.3 Å². The number of hydrogen-bond donors (Lipinski definition) is 2. The number of aryl methyl sites for hydroxylation is 1. The van der Waals surface area contributed by atoms with Crippen LogP contribution in [0.25, 0.3) is 22.6 Å². The lowest BCUT2D eigenvalue weighted by atomic mass is 10.1. The van der Waals surface area contributed by atoms with Crippen LogP contribution in [0.1, 0.15) is 16.1 Å². The Kier molecular flexibility index (Phi) is 4.43. The van der Waals surface area contributed by atoms with Crippen LogP contribution in [0.2, 0.25) is 0 Å². The number of furan rings is 1. The first-order chi connectivity index (χ1) is 13.1. The molecule has 0 unspecified atom stereocenters. The maximum absolute atomic E-state index is 12.0. The Labute approximate surface area is 160 Å². The van der Waals surface area contributed by atoms with Gasteiger partial charge in [0.05, 0.1) is 6.26 Å². The van der Waals surface area contributed by atoms with E-state index in [2.05, 4.69) is 15.6 Å². The predicted molar refractivity (Wildman–Crippen MR) is 107 cm³/mol. The van der Waals surface area contributed by atoms with Crippen LogP contribution in [-0.4, -0.2) is 16.0 Å². The summed E-state index contributed by atoms with van der Waals surface area (Å²) in [6.45, 7) is 2.01. The van der Waals surface area contributed by atoms with E-state index in [0.29, 0.717) is 22.7 Å². The van der Waals surface area contributed by atoms with E-state index < -0.39 is 5.91 Å². The van der Waals surface area contributed by atoms with E-state index in [0.717, 1.165) is 11.1 Å². The van der Waals surface area contributed by atoms with Crippen molar-refractivity contribution < 1.29 is 13.6 Å². The maximum Gasteiger partial charge on any atom is 0.293 e. The molecule has 134 valence electrons. The first kappa shape index (κ1) is 17.0. The van der Waals surface area contributed by atoms with Crippen LogP contribution in [0.3, 0.4) is 0 Å². The third kappa shape index (κ3) is 3.58. The molecule has 0 aliphatic carbocycles. The van der Waals surface area contributed by atoms with Crippen molar-refractivity contribution in [3.63, 3.8) is 0 Å². The van der Waals surface area contributed by atoms with Gasteiger partial charge < -0.3 is 14.2 Å². The second-order valence-electron chi connectivity index (χ2n) is 5.90. The van der Waals surface area contributed by atoms with Gasteiger partial charge in [-0.1, -0.05) is 18.2 Å². The van der Waals surface area contributed by atoms with Crippen molar-refractivity contribution in [3.8, 4) is 11.5 Å². The fourth-order valence-corrected chi connectivity index (χ4v) is 2.88. The predicted octanol–water partition coefficient (Wildman–Crippen LogP) is 4.52. The highest BCUT2D eigenvalue weighted by molar-refractivity contribution is 7.80. The molecular formula is C20H15N3O3S. The van der Waals surface area contributed by atoms with E-state index in [1.165, 1.54) is 6.26 Å². The first-order valence-corrected chi connectivity index (χ1v) is 8.63. The van der Waals surface area contributed by atoms with Crippen molar-refractivity contribution in [2.75, 3.05) is 5.32 Å². The fourth-order valence-electron chi connectivity index (χ4n) is 2.67. The van der Waals surface area contributed by atoms with Gasteiger partial charge in [0.15, 0.2) is 16.5 Å². The standard InChI is InChI=1S/C20H15N3O3S/c1-12-5-2-3-6-14(12)19-22-15-11-13(8-9-16(15)26-19)21-20(27)23-18(24)17-7-4-10-25-17/h2-11H,1H3,(H2,21,23,24,27). The van der Waals surface area contributed by atoms with Crippen molar-refractivity contribution in [2.24, 2.45) is 0 Å². The van der Waals surface area contributed by atoms with Crippen LogP contribution in [-0.2, 0) is 0 Å². The Morgan fingerprint density at radius 1 is 1.11 bits per heavy atom. The van der Waals surface area contributed by atoms with Gasteiger partial charge in [0.1, 0.15) is 5.52 Å². The van der Waals surface area contributed by atoms with E-state index in [1.807, 2.05) is 43.3 Å². The molecule has 0 atom stereocenters. The quantitative estimate of drug-likeness (QED) is 0.511. The normalized spacial score (nSPS) is 10.7. The molecule has 0 aliphatic heterocycles. The second kappa shape index (κ2) is 7.05. The molecule has 27 heavy (non-hydrogen) atoms. The number of thiocarbonyl (C=S) groups is 1. The molecule has 2 aromatic heterocycles. The Balaban J connectivity index is 1.52. The van der Waals surface area contributed by atoms with Crippen molar-refractivity contribution >= 4 is 40.0 Å². The van der Waals surface area contributed by atoms with E-state index in [1.54, 1.807) is 18.2 Å². The van der Waals surface area contributed by atoms with Gasteiger partial charge >= 0.3 is 0 Å². The highest BCUT2D eigenvalue weighted by Gasteiger charge is 2.13. The van der Waals surface area contributed by atoms with Gasteiger partial charge in [-0.2, -0.15) is 0 Å². The van der Waals surface area contributed by atoms with Crippen molar-refractivity contribution in [1.29, 1.82) is 0 Å². The van der Waals surface area contributed by atoms with Crippen LogP contribution in [0.5, 0.6) is 0 Å². The number of oxazole rings is 1. The summed E-state index contributed by atoms with van der Waals surface area (Å²) in [5.41, 5.74) is 4.09. The maximum atomic E-state index is 12.0. The smallest absolute Gasteiger partial charge is 0.293 e. The summed E-state index contributed by atoms with van der Waals surface area (Å²) in [6, 6.07) is 16.5. The third-order valence-corrected chi connectivity index (χ3v) is 4.20. The van der Waals surface area contributed by atoms with E-state index in [4.69, 9.17) is 21.1 Å². The zero-order valence-electron chi connectivity index (χ0n) is 14.4. The number of nitrogens with one attached hydrogen (secondary N) is 2. The summed E-state index contributed by atoms with van der Waals surface area (Å²) in [5.74, 6) is 0.338. The monoisotopic (exact) mass is 377 g/mol. The molecule has 7 heteroatoms. The van der Waals surface area contributed by atoms with Crippen LogP contribution < -0.4 is 10.6 Å². The molecule has 0 saturated heterocycles. The summed E-state index contributed by atoms with van der Waals surface area (Å²) in [7, 11) is 0. The zero-order valence-corrected chi connectivity index (χ0v) is 15.2. The first-order valence-electron chi connectivity index (χ1n) is 8.22. The topological polar surface area (TPSA) is 80.3 Å². The molecule has 4 aromatic rings. The minimum absolute atomic E-state index is 0.165. The SMILES string of the molecule is Cc1ccccc1-c1nc2cc(NC(=S)NC(=O)c3ccco3)ccc2o1. The summed E-state index contributed by atoms with van der Waals surface area (Å²) in [6.07, 6.45) is 1.43. The molecule has 2 aromatic carbocycles. The average Bonchev–Trinajstić information content (AvgIpc) is 3.31. The highest BCUT2D eigenvalue weighted by Crippen LogP contribution is 2.28. The summed E-state index contributed by atoms with van der Waals surface area (Å²) in [5, 5.41) is 5.69. The number of fused-ring (bicyclic) bond motifs is 1. The molecule has 0 saturated carbocycles. The van der Waals surface area contributed by atoms with Gasteiger partial charge in [-0.25, -0.2) is 4.98 Å². The lowest BCUT2D eigenvalue weighted by Crippen LogP contribution is -2.33. The third-order valence-electron chi connectivity index (χ3n) is 3.99. The minimum Gasteiger partial charge on any atom is -0.459 e. The number of hydrogen-bond acceptors (Lipinski definition) is 5. The fraction of sp³-hybridized carbons (Fsp3) is 0.0500. The molecule has 0 radical (unpaired) electrons. The molecule has 2 heterocycles. The number of amides is 1. The molecule has 6 nitrogen and oxygen atoms in total.